The molecule has 17 heavy (non-hydrogen) atoms. The van der Waals surface area contributed by atoms with Crippen LogP contribution in [0.25, 0.3) is 0 Å². The van der Waals surface area contributed by atoms with Gasteiger partial charge in [0.2, 0.25) is 0 Å². The van der Waals surface area contributed by atoms with Crippen LogP contribution >= 0.6 is 0 Å². The van der Waals surface area contributed by atoms with Gasteiger partial charge in [-0.05, 0) is 66.0 Å². The van der Waals surface area contributed by atoms with Gasteiger partial charge in [-0.2, -0.15) is 0 Å². The van der Waals surface area contributed by atoms with Gasteiger partial charge >= 0.3 is 0 Å². The van der Waals surface area contributed by atoms with E-state index in [1.165, 1.54) is 45.4 Å². The zero-order chi connectivity index (χ0) is 12.7. The quantitative estimate of drug-likeness (QED) is 0.733. The summed E-state index contributed by atoms with van der Waals surface area (Å²) < 4.78 is 0. The number of nitrogens with zero attached hydrogens (tertiary/aromatic N) is 2. The van der Waals surface area contributed by atoms with E-state index in [4.69, 9.17) is 0 Å². The van der Waals surface area contributed by atoms with E-state index >= 15 is 0 Å². The van der Waals surface area contributed by atoms with Crippen LogP contribution in [0.2, 0.25) is 0 Å². The average molecular weight is 241 g/mol. The number of hydrogen-bond donors (Lipinski definition) is 1. The van der Waals surface area contributed by atoms with Gasteiger partial charge in [-0.25, -0.2) is 0 Å². The molecule has 1 saturated heterocycles. The molecule has 0 aromatic carbocycles. The highest BCUT2D eigenvalue weighted by Crippen LogP contribution is 2.15. The van der Waals surface area contributed by atoms with Gasteiger partial charge in [-0.1, -0.05) is 13.8 Å². The van der Waals surface area contributed by atoms with Crippen molar-refractivity contribution in [2.24, 2.45) is 0 Å². The predicted molar refractivity (Wildman–Crippen MR) is 75.5 cm³/mol. The fraction of sp³-hybridized carbons (Fsp3) is 1.00. The molecule has 0 saturated carbocycles. The van der Waals surface area contributed by atoms with Crippen LogP contribution in [0.4, 0.5) is 0 Å². The smallest absolute Gasteiger partial charge is 0.0117 e. The monoisotopic (exact) mass is 241 g/mol. The van der Waals surface area contributed by atoms with Crippen molar-refractivity contribution in [1.82, 2.24) is 15.1 Å². The van der Waals surface area contributed by atoms with E-state index in [1.807, 2.05) is 0 Å². The van der Waals surface area contributed by atoms with Crippen LogP contribution in [0.5, 0.6) is 0 Å². The predicted octanol–water partition coefficient (Wildman–Crippen LogP) is 1.79. The molecule has 1 heterocycles. The van der Waals surface area contributed by atoms with Crippen molar-refractivity contribution < 1.29 is 0 Å². The van der Waals surface area contributed by atoms with Crippen LogP contribution in [0.3, 0.4) is 0 Å². The first-order valence-electron chi connectivity index (χ1n) is 7.33. The van der Waals surface area contributed by atoms with Crippen molar-refractivity contribution in [3.63, 3.8) is 0 Å². The van der Waals surface area contributed by atoms with Crippen LogP contribution in [0.15, 0.2) is 0 Å². The Balaban J connectivity index is 2.17. The van der Waals surface area contributed by atoms with Gasteiger partial charge < -0.3 is 15.1 Å². The van der Waals surface area contributed by atoms with Crippen molar-refractivity contribution in [2.75, 3.05) is 39.8 Å². The summed E-state index contributed by atoms with van der Waals surface area (Å²) in [6.07, 6.45) is 3.96. The Kier molecular flexibility index (Phi) is 7.09. The first kappa shape index (κ1) is 14.9. The molecule has 0 aromatic rings. The molecule has 0 aromatic heterocycles. The summed E-state index contributed by atoms with van der Waals surface area (Å²) in [5, 5.41) is 3.49. The zero-order valence-electron chi connectivity index (χ0n) is 12.2. The molecule has 0 aliphatic carbocycles. The van der Waals surface area contributed by atoms with Crippen molar-refractivity contribution in [3.8, 4) is 0 Å². The maximum absolute atomic E-state index is 3.49. The van der Waals surface area contributed by atoms with E-state index in [0.29, 0.717) is 6.04 Å². The molecule has 3 heteroatoms. The van der Waals surface area contributed by atoms with Crippen molar-refractivity contribution in [1.29, 1.82) is 0 Å². The molecule has 1 fully saturated rings. The normalized spacial score (nSPS) is 21.0. The molecule has 0 radical (unpaired) electrons. The number of piperidine rings is 1. The lowest BCUT2D eigenvalue weighted by Crippen LogP contribution is -2.44. The first-order valence-corrected chi connectivity index (χ1v) is 7.33. The van der Waals surface area contributed by atoms with E-state index in [1.54, 1.807) is 0 Å². The van der Waals surface area contributed by atoms with Crippen LogP contribution in [0.1, 0.15) is 40.0 Å². The Morgan fingerprint density at radius 3 is 2.47 bits per heavy atom. The largest absolute Gasteiger partial charge is 0.314 e. The van der Waals surface area contributed by atoms with E-state index < -0.39 is 0 Å². The topological polar surface area (TPSA) is 18.5 Å². The highest BCUT2D eigenvalue weighted by molar-refractivity contribution is 4.78. The maximum Gasteiger partial charge on any atom is 0.0117 e. The third-order valence-electron chi connectivity index (χ3n) is 4.10. The molecular formula is C14H31N3. The van der Waals surface area contributed by atoms with Crippen LogP contribution in [-0.4, -0.2) is 61.7 Å². The van der Waals surface area contributed by atoms with Crippen molar-refractivity contribution in [2.45, 2.75) is 52.1 Å². The second kappa shape index (κ2) is 8.06. The zero-order valence-corrected chi connectivity index (χ0v) is 12.2. The van der Waals surface area contributed by atoms with E-state index in [2.05, 4.69) is 42.9 Å². The second-order valence-corrected chi connectivity index (χ2v) is 5.39. The third kappa shape index (κ3) is 5.36. The Morgan fingerprint density at radius 2 is 1.94 bits per heavy atom. The van der Waals surface area contributed by atoms with Crippen LogP contribution in [-0.2, 0) is 0 Å². The molecule has 1 N–H and O–H groups in total. The SMILES string of the molecule is CCNC(C)CCN(C)C1CCN(CC)CC1. The number of nitrogens with one attached hydrogen (secondary N) is 1. The summed E-state index contributed by atoms with van der Waals surface area (Å²) in [7, 11) is 2.30. The van der Waals surface area contributed by atoms with Gasteiger partial charge in [0.1, 0.15) is 0 Å². The fourth-order valence-electron chi connectivity index (χ4n) is 2.71. The summed E-state index contributed by atoms with van der Waals surface area (Å²) in [5.74, 6) is 0. The molecule has 0 amide bonds. The highest BCUT2D eigenvalue weighted by Gasteiger charge is 2.21. The maximum atomic E-state index is 3.49. The lowest BCUT2D eigenvalue weighted by molar-refractivity contribution is 0.128. The summed E-state index contributed by atoms with van der Waals surface area (Å²) in [4.78, 5) is 5.13. The van der Waals surface area contributed by atoms with E-state index in [0.717, 1.165) is 12.6 Å². The molecule has 1 aliphatic heterocycles. The lowest BCUT2D eigenvalue weighted by atomic mass is 10.0. The average Bonchev–Trinajstić information content (AvgIpc) is 2.36. The van der Waals surface area contributed by atoms with Gasteiger partial charge in [0, 0.05) is 12.1 Å². The highest BCUT2D eigenvalue weighted by atomic mass is 15.2. The molecule has 0 bridgehead atoms. The summed E-state index contributed by atoms with van der Waals surface area (Å²) in [6, 6.07) is 1.46. The van der Waals surface area contributed by atoms with Gasteiger partial charge in [0.05, 0.1) is 0 Å². The standard InChI is InChI=1S/C14H31N3/c1-5-15-13(3)7-10-16(4)14-8-11-17(6-2)12-9-14/h13-15H,5-12H2,1-4H3. The van der Waals surface area contributed by atoms with E-state index in [9.17, 15) is 0 Å². The molecule has 1 unspecified atom stereocenters. The van der Waals surface area contributed by atoms with Crippen LogP contribution in [0, 0.1) is 0 Å². The Hall–Kier alpha value is -0.120. The lowest BCUT2D eigenvalue weighted by Gasteiger charge is -2.36. The Morgan fingerprint density at radius 1 is 1.29 bits per heavy atom. The molecule has 1 rings (SSSR count). The minimum atomic E-state index is 0.651. The Labute approximate surface area is 108 Å². The Bertz CT molecular complexity index is 188. The minimum absolute atomic E-state index is 0.651. The summed E-state index contributed by atoms with van der Waals surface area (Å²) >= 11 is 0. The molecule has 102 valence electrons. The third-order valence-corrected chi connectivity index (χ3v) is 4.10. The van der Waals surface area contributed by atoms with Gasteiger partial charge in [0.15, 0.2) is 0 Å². The van der Waals surface area contributed by atoms with Gasteiger partial charge in [-0.15, -0.1) is 0 Å². The van der Waals surface area contributed by atoms with Crippen molar-refractivity contribution >= 4 is 0 Å². The first-order chi connectivity index (χ1) is 8.17. The molecule has 1 aliphatic rings. The fourth-order valence-corrected chi connectivity index (χ4v) is 2.71. The molecular weight excluding hydrogens is 210 g/mol. The number of rotatable bonds is 7. The van der Waals surface area contributed by atoms with Crippen LogP contribution < -0.4 is 5.32 Å². The number of likely N-dealkylation sites (tertiary alicyclic amines) is 1. The second-order valence-electron chi connectivity index (χ2n) is 5.39. The molecule has 0 spiro atoms. The molecule has 1 atom stereocenters. The minimum Gasteiger partial charge on any atom is -0.314 e. The molecule has 3 nitrogen and oxygen atoms in total. The van der Waals surface area contributed by atoms with Gasteiger partial charge in [0.25, 0.3) is 0 Å². The number of hydrogen-bond acceptors (Lipinski definition) is 3. The van der Waals surface area contributed by atoms with Crippen molar-refractivity contribution in [3.05, 3.63) is 0 Å². The van der Waals surface area contributed by atoms with Gasteiger partial charge in [-0.3, -0.25) is 0 Å². The summed E-state index contributed by atoms with van der Waals surface area (Å²) in [5.41, 5.74) is 0. The van der Waals surface area contributed by atoms with E-state index in [-0.39, 0.29) is 0 Å². The summed E-state index contributed by atoms with van der Waals surface area (Å²) in [6.45, 7) is 12.8.